The topological polar surface area (TPSA) is 54.2 Å². The quantitative estimate of drug-likeness (QED) is 0.795. The Morgan fingerprint density at radius 3 is 2.65 bits per heavy atom. The average molecular weight is 238 g/mol. The lowest BCUT2D eigenvalue weighted by molar-refractivity contribution is 0.461. The van der Waals surface area contributed by atoms with Crippen LogP contribution in [0, 0.1) is 0 Å². The van der Waals surface area contributed by atoms with E-state index in [9.17, 15) is 0 Å². The molecule has 1 aromatic heterocycles. The van der Waals surface area contributed by atoms with Crippen LogP contribution in [0.15, 0.2) is 4.42 Å². The fourth-order valence-corrected chi connectivity index (χ4v) is 2.08. The summed E-state index contributed by atoms with van der Waals surface area (Å²) in [6, 6.07) is 0.695. The van der Waals surface area contributed by atoms with Crippen molar-refractivity contribution in [3.8, 4) is 0 Å². The molecule has 0 unspecified atom stereocenters. The molecule has 2 rings (SSSR count). The average Bonchev–Trinajstić information content (AvgIpc) is 2.64. The minimum atomic E-state index is 0.675. The molecule has 0 spiro atoms. The second-order valence-corrected chi connectivity index (χ2v) is 4.56. The van der Waals surface area contributed by atoms with Crippen LogP contribution in [-0.4, -0.2) is 29.8 Å². The standard InChI is InChI=1S/C12H22N4O/c1-2-7-13-10-11-14-15-12(17-11)16-8-5-3-4-6-9-16/h13H,2-10H2,1H3. The van der Waals surface area contributed by atoms with Gasteiger partial charge in [-0.1, -0.05) is 24.9 Å². The van der Waals surface area contributed by atoms with E-state index >= 15 is 0 Å². The minimum Gasteiger partial charge on any atom is -0.407 e. The molecule has 0 aliphatic carbocycles. The van der Waals surface area contributed by atoms with Gasteiger partial charge in [0.05, 0.1) is 6.54 Å². The third kappa shape index (κ3) is 3.70. The van der Waals surface area contributed by atoms with E-state index in [1.165, 1.54) is 25.7 Å². The Labute approximate surface area is 103 Å². The van der Waals surface area contributed by atoms with Crippen LogP contribution >= 0.6 is 0 Å². The molecule has 0 bridgehead atoms. The van der Waals surface area contributed by atoms with Crippen molar-refractivity contribution in [3.05, 3.63) is 5.89 Å². The van der Waals surface area contributed by atoms with Crippen LogP contribution < -0.4 is 10.2 Å². The number of hydrogen-bond acceptors (Lipinski definition) is 5. The predicted molar refractivity (Wildman–Crippen MR) is 67.0 cm³/mol. The monoisotopic (exact) mass is 238 g/mol. The maximum absolute atomic E-state index is 5.67. The van der Waals surface area contributed by atoms with Crippen LogP contribution in [0.25, 0.3) is 0 Å². The molecule has 0 radical (unpaired) electrons. The fourth-order valence-electron chi connectivity index (χ4n) is 2.08. The summed E-state index contributed by atoms with van der Waals surface area (Å²) < 4.78 is 5.67. The van der Waals surface area contributed by atoms with Crippen molar-refractivity contribution < 1.29 is 4.42 Å². The molecule has 17 heavy (non-hydrogen) atoms. The molecule has 0 atom stereocenters. The zero-order valence-corrected chi connectivity index (χ0v) is 10.6. The summed E-state index contributed by atoms with van der Waals surface area (Å²) in [7, 11) is 0. The zero-order chi connectivity index (χ0) is 11.9. The van der Waals surface area contributed by atoms with E-state index in [4.69, 9.17) is 4.42 Å². The van der Waals surface area contributed by atoms with Crippen molar-refractivity contribution in [1.29, 1.82) is 0 Å². The lowest BCUT2D eigenvalue weighted by Gasteiger charge is -2.16. The van der Waals surface area contributed by atoms with Gasteiger partial charge in [-0.2, -0.15) is 0 Å². The van der Waals surface area contributed by atoms with Crippen LogP contribution in [0.3, 0.4) is 0 Å². The number of aromatic nitrogens is 2. The van der Waals surface area contributed by atoms with Crippen molar-refractivity contribution in [2.24, 2.45) is 0 Å². The molecule has 1 aliphatic heterocycles. The van der Waals surface area contributed by atoms with Gasteiger partial charge in [0.15, 0.2) is 0 Å². The molecule has 0 aromatic carbocycles. The maximum atomic E-state index is 5.67. The Balaban J connectivity index is 1.87. The van der Waals surface area contributed by atoms with Gasteiger partial charge in [-0.25, -0.2) is 0 Å². The lowest BCUT2D eigenvalue weighted by atomic mass is 10.2. The van der Waals surface area contributed by atoms with E-state index in [1.54, 1.807) is 0 Å². The number of anilines is 1. The number of rotatable bonds is 5. The van der Waals surface area contributed by atoms with Gasteiger partial charge in [0, 0.05) is 13.1 Å². The smallest absolute Gasteiger partial charge is 0.318 e. The Bertz CT molecular complexity index is 318. The van der Waals surface area contributed by atoms with E-state index < -0.39 is 0 Å². The summed E-state index contributed by atoms with van der Waals surface area (Å²) in [5, 5.41) is 11.5. The van der Waals surface area contributed by atoms with Gasteiger partial charge in [-0.3, -0.25) is 0 Å². The van der Waals surface area contributed by atoms with Gasteiger partial charge in [0.25, 0.3) is 0 Å². The molecule has 1 saturated heterocycles. The molecule has 0 saturated carbocycles. The van der Waals surface area contributed by atoms with E-state index in [-0.39, 0.29) is 0 Å². The van der Waals surface area contributed by atoms with E-state index in [0.29, 0.717) is 18.5 Å². The van der Waals surface area contributed by atoms with Crippen molar-refractivity contribution in [2.75, 3.05) is 24.5 Å². The lowest BCUT2D eigenvalue weighted by Crippen LogP contribution is -2.24. The maximum Gasteiger partial charge on any atom is 0.318 e. The summed E-state index contributed by atoms with van der Waals surface area (Å²) >= 11 is 0. The van der Waals surface area contributed by atoms with Crippen molar-refractivity contribution in [1.82, 2.24) is 15.5 Å². The first-order valence-corrected chi connectivity index (χ1v) is 6.68. The first-order chi connectivity index (χ1) is 8.40. The van der Waals surface area contributed by atoms with Crippen LogP contribution in [0.1, 0.15) is 44.9 Å². The SMILES string of the molecule is CCCNCc1nnc(N2CCCCCC2)o1. The summed E-state index contributed by atoms with van der Waals surface area (Å²) in [5.41, 5.74) is 0. The van der Waals surface area contributed by atoms with Gasteiger partial charge in [0.2, 0.25) is 5.89 Å². The van der Waals surface area contributed by atoms with Gasteiger partial charge in [-0.15, -0.1) is 5.10 Å². The molecular weight excluding hydrogens is 216 g/mol. The predicted octanol–water partition coefficient (Wildman–Crippen LogP) is 1.95. The van der Waals surface area contributed by atoms with Gasteiger partial charge >= 0.3 is 6.01 Å². The molecule has 0 amide bonds. The summed E-state index contributed by atoms with van der Waals surface area (Å²) in [6.45, 7) is 5.90. The van der Waals surface area contributed by atoms with E-state index in [1.807, 2.05) is 0 Å². The molecule has 1 aromatic rings. The highest BCUT2D eigenvalue weighted by molar-refractivity contribution is 5.23. The summed E-state index contributed by atoms with van der Waals surface area (Å²) in [4.78, 5) is 2.21. The molecular formula is C12H22N4O. The Kier molecular flexibility index (Phi) is 4.79. The number of nitrogens with one attached hydrogen (secondary N) is 1. The second kappa shape index (κ2) is 6.59. The Morgan fingerprint density at radius 1 is 1.18 bits per heavy atom. The van der Waals surface area contributed by atoms with Crippen molar-refractivity contribution in [3.63, 3.8) is 0 Å². The number of hydrogen-bond donors (Lipinski definition) is 1. The minimum absolute atomic E-state index is 0.675. The zero-order valence-electron chi connectivity index (χ0n) is 10.6. The van der Waals surface area contributed by atoms with Gasteiger partial charge in [0.1, 0.15) is 0 Å². The molecule has 1 aliphatic rings. The van der Waals surface area contributed by atoms with E-state index in [2.05, 4.69) is 27.3 Å². The molecule has 96 valence electrons. The van der Waals surface area contributed by atoms with E-state index in [0.717, 1.165) is 26.1 Å². The first-order valence-electron chi connectivity index (χ1n) is 6.68. The van der Waals surface area contributed by atoms with Crippen molar-refractivity contribution >= 4 is 6.01 Å². The second-order valence-electron chi connectivity index (χ2n) is 4.56. The molecule has 5 nitrogen and oxygen atoms in total. The number of nitrogens with zero attached hydrogens (tertiary/aromatic N) is 3. The molecule has 2 heterocycles. The Morgan fingerprint density at radius 2 is 1.94 bits per heavy atom. The fraction of sp³-hybridized carbons (Fsp3) is 0.833. The molecule has 1 N–H and O–H groups in total. The first kappa shape index (κ1) is 12.4. The highest BCUT2D eigenvalue weighted by Gasteiger charge is 2.15. The van der Waals surface area contributed by atoms with Gasteiger partial charge in [-0.05, 0) is 25.8 Å². The summed E-state index contributed by atoms with van der Waals surface area (Å²) in [5.74, 6) is 0.692. The van der Waals surface area contributed by atoms with Gasteiger partial charge < -0.3 is 14.6 Å². The highest BCUT2D eigenvalue weighted by Crippen LogP contribution is 2.17. The normalized spacial score (nSPS) is 17.1. The van der Waals surface area contributed by atoms with Crippen LogP contribution in [0.4, 0.5) is 6.01 Å². The summed E-state index contributed by atoms with van der Waals surface area (Å²) in [6.07, 6.45) is 6.20. The highest BCUT2D eigenvalue weighted by atomic mass is 16.4. The van der Waals surface area contributed by atoms with Crippen LogP contribution in [-0.2, 0) is 6.54 Å². The van der Waals surface area contributed by atoms with Crippen LogP contribution in [0.2, 0.25) is 0 Å². The largest absolute Gasteiger partial charge is 0.407 e. The molecule has 1 fully saturated rings. The Hall–Kier alpha value is -1.10. The van der Waals surface area contributed by atoms with Crippen molar-refractivity contribution in [2.45, 2.75) is 45.6 Å². The van der Waals surface area contributed by atoms with Crippen LogP contribution in [0.5, 0.6) is 0 Å². The third-order valence-corrected chi connectivity index (χ3v) is 3.04. The third-order valence-electron chi connectivity index (χ3n) is 3.04. The molecule has 5 heteroatoms.